The Morgan fingerprint density at radius 1 is 1.23 bits per heavy atom. The van der Waals surface area contributed by atoms with Gasteiger partial charge in [0.2, 0.25) is 11.8 Å². The van der Waals surface area contributed by atoms with Crippen LogP contribution in [0.15, 0.2) is 60.9 Å². The lowest BCUT2D eigenvalue weighted by Crippen LogP contribution is -2.54. The molecule has 2 heterocycles. The van der Waals surface area contributed by atoms with Crippen LogP contribution in [0, 0.1) is 11.9 Å². The summed E-state index contributed by atoms with van der Waals surface area (Å²) in [4.78, 5) is 29.8. The van der Waals surface area contributed by atoms with Crippen molar-refractivity contribution in [3.05, 3.63) is 83.9 Å². The zero-order valence-corrected chi connectivity index (χ0v) is 16.7. The molecule has 151 valence electrons. The third-order valence-corrected chi connectivity index (χ3v) is 5.88. The number of hydrogen-bond donors (Lipinski definition) is 1. The second-order valence-electron chi connectivity index (χ2n) is 7.72. The van der Waals surface area contributed by atoms with Gasteiger partial charge in [-0.2, -0.15) is 0 Å². The molecule has 0 saturated carbocycles. The first kappa shape index (κ1) is 19.8. The quantitative estimate of drug-likeness (QED) is 0.727. The van der Waals surface area contributed by atoms with E-state index < -0.39 is 17.4 Å². The van der Waals surface area contributed by atoms with Crippen molar-refractivity contribution in [2.24, 2.45) is 5.73 Å². The summed E-state index contributed by atoms with van der Waals surface area (Å²) in [6, 6.07) is 16.8. The van der Waals surface area contributed by atoms with E-state index in [1.54, 1.807) is 24.4 Å². The number of nitrogens with zero attached hydrogens (tertiary/aromatic N) is 2. The molecule has 2 amide bonds. The second kappa shape index (κ2) is 7.37. The van der Waals surface area contributed by atoms with Crippen LogP contribution in [0.2, 0.25) is 0 Å². The van der Waals surface area contributed by atoms with Crippen molar-refractivity contribution in [3.8, 4) is 11.1 Å². The van der Waals surface area contributed by atoms with Crippen LogP contribution in [0.5, 0.6) is 0 Å². The lowest BCUT2D eigenvalue weighted by Gasteiger charge is -2.45. The summed E-state index contributed by atoms with van der Waals surface area (Å²) in [5, 5.41) is 0. The van der Waals surface area contributed by atoms with Gasteiger partial charge in [-0.3, -0.25) is 19.5 Å². The Hall–Kier alpha value is -3.54. The van der Waals surface area contributed by atoms with Gasteiger partial charge in [0.15, 0.2) is 0 Å². The van der Waals surface area contributed by atoms with E-state index in [-0.39, 0.29) is 11.7 Å². The van der Waals surface area contributed by atoms with Crippen molar-refractivity contribution in [3.63, 3.8) is 0 Å². The Balaban J connectivity index is 1.83. The van der Waals surface area contributed by atoms with Gasteiger partial charge in [-0.1, -0.05) is 37.3 Å². The molecule has 6 heteroatoms. The maximum absolute atomic E-state index is 14.1. The zero-order chi connectivity index (χ0) is 21.5. The van der Waals surface area contributed by atoms with Gasteiger partial charge in [0.05, 0.1) is 6.20 Å². The average molecular weight is 402 g/mol. The van der Waals surface area contributed by atoms with E-state index in [1.165, 1.54) is 18.0 Å². The number of benzene rings is 2. The molecule has 1 aromatic heterocycles. The highest BCUT2D eigenvalue weighted by molar-refractivity contribution is 6.01. The van der Waals surface area contributed by atoms with Crippen LogP contribution in [0.4, 0.5) is 10.1 Å². The average Bonchev–Trinajstić information content (AvgIpc) is 2.74. The van der Waals surface area contributed by atoms with Crippen molar-refractivity contribution in [1.82, 2.24) is 4.98 Å². The smallest absolute Gasteiger partial charge is 0.240 e. The number of amides is 2. The summed E-state index contributed by atoms with van der Waals surface area (Å²) < 4.78 is 14.1. The van der Waals surface area contributed by atoms with Gasteiger partial charge in [-0.15, -0.1) is 0 Å². The molecule has 1 aliphatic rings. The second-order valence-corrected chi connectivity index (χ2v) is 7.72. The van der Waals surface area contributed by atoms with E-state index in [9.17, 15) is 14.0 Å². The molecule has 0 fully saturated rings. The molecule has 3 aromatic rings. The minimum absolute atomic E-state index is 0.239. The molecule has 2 atom stereocenters. The first-order valence-corrected chi connectivity index (χ1v) is 9.63. The van der Waals surface area contributed by atoms with Crippen LogP contribution in [-0.2, 0) is 15.0 Å². The van der Waals surface area contributed by atoms with Crippen molar-refractivity contribution < 1.29 is 14.0 Å². The number of carbonyl (C=O) groups is 2. The van der Waals surface area contributed by atoms with Gasteiger partial charge in [0, 0.05) is 29.8 Å². The van der Waals surface area contributed by atoms with Gasteiger partial charge < -0.3 is 5.73 Å². The van der Waals surface area contributed by atoms with Crippen molar-refractivity contribution in [2.45, 2.75) is 31.7 Å². The number of pyridine rings is 1. The van der Waals surface area contributed by atoms with Crippen LogP contribution in [0.1, 0.15) is 31.4 Å². The largest absolute Gasteiger partial charge is 0.368 e. The summed E-state index contributed by atoms with van der Waals surface area (Å²) in [5.41, 5.74) is 8.79. The molecule has 2 N–H and O–H groups in total. The van der Waals surface area contributed by atoms with E-state index in [0.717, 1.165) is 16.7 Å². The summed E-state index contributed by atoms with van der Waals surface area (Å²) in [5.74, 6) is -1.18. The summed E-state index contributed by atoms with van der Waals surface area (Å²) in [7, 11) is 0. The molecule has 1 radical (unpaired) electrons. The normalized spacial score (nSPS) is 20.5. The van der Waals surface area contributed by atoms with E-state index in [1.807, 2.05) is 37.3 Å². The van der Waals surface area contributed by atoms with Gasteiger partial charge in [-0.25, -0.2) is 4.39 Å². The molecule has 30 heavy (non-hydrogen) atoms. The molecule has 2 aromatic carbocycles. The number of aromatic nitrogens is 1. The van der Waals surface area contributed by atoms with Gasteiger partial charge in [0.1, 0.15) is 11.9 Å². The van der Waals surface area contributed by atoms with Crippen LogP contribution < -0.4 is 10.6 Å². The molecular formula is C24H21FN3O2. The molecule has 4 rings (SSSR count). The third-order valence-electron chi connectivity index (χ3n) is 5.88. The van der Waals surface area contributed by atoms with Crippen LogP contribution >= 0.6 is 0 Å². The zero-order valence-electron chi connectivity index (χ0n) is 16.7. The fourth-order valence-electron chi connectivity index (χ4n) is 4.35. The molecule has 0 spiro atoms. The van der Waals surface area contributed by atoms with Crippen molar-refractivity contribution >= 4 is 17.5 Å². The lowest BCUT2D eigenvalue weighted by molar-refractivity contribution is -0.124. The molecule has 2 unspecified atom stereocenters. The number of fused-ring (bicyclic) bond motifs is 1. The number of halogens is 1. The molecule has 0 saturated heterocycles. The predicted molar refractivity (Wildman–Crippen MR) is 112 cm³/mol. The van der Waals surface area contributed by atoms with E-state index >= 15 is 0 Å². The Bertz CT molecular complexity index is 1130. The SMILES string of the molecule is CC(=O)N1c2cc[c]cc2C(C)(c2ccc(-c3ccncc3F)cc2)CC1C(N)=O. The van der Waals surface area contributed by atoms with Crippen LogP contribution in [-0.4, -0.2) is 22.8 Å². The highest BCUT2D eigenvalue weighted by Gasteiger charge is 2.44. The fourth-order valence-corrected chi connectivity index (χ4v) is 4.35. The van der Waals surface area contributed by atoms with Crippen LogP contribution in [0.25, 0.3) is 11.1 Å². The Labute approximate surface area is 174 Å². The third kappa shape index (κ3) is 3.14. The molecular weight excluding hydrogens is 381 g/mol. The molecule has 0 aliphatic carbocycles. The molecule has 5 nitrogen and oxygen atoms in total. The lowest BCUT2D eigenvalue weighted by atomic mass is 9.68. The highest BCUT2D eigenvalue weighted by Crippen LogP contribution is 2.46. The first-order valence-electron chi connectivity index (χ1n) is 9.63. The van der Waals surface area contributed by atoms with Crippen molar-refractivity contribution in [2.75, 3.05) is 4.90 Å². The minimum Gasteiger partial charge on any atom is -0.368 e. The first-order chi connectivity index (χ1) is 14.3. The molecule has 0 bridgehead atoms. The van der Waals surface area contributed by atoms with Gasteiger partial charge in [0.25, 0.3) is 0 Å². The number of rotatable bonds is 3. The van der Waals surface area contributed by atoms with Gasteiger partial charge >= 0.3 is 0 Å². The molecule has 1 aliphatic heterocycles. The number of primary amides is 1. The minimum atomic E-state index is -0.764. The van der Waals surface area contributed by atoms with Gasteiger partial charge in [-0.05, 0) is 47.4 Å². The number of nitrogens with two attached hydrogens (primary N) is 1. The summed E-state index contributed by atoms with van der Waals surface area (Å²) >= 11 is 0. The van der Waals surface area contributed by atoms with E-state index in [0.29, 0.717) is 17.7 Å². The number of hydrogen-bond acceptors (Lipinski definition) is 3. The van der Waals surface area contributed by atoms with Crippen LogP contribution in [0.3, 0.4) is 0 Å². The maximum Gasteiger partial charge on any atom is 0.240 e. The van der Waals surface area contributed by atoms with Crippen molar-refractivity contribution in [1.29, 1.82) is 0 Å². The Morgan fingerprint density at radius 2 is 1.97 bits per heavy atom. The highest BCUT2D eigenvalue weighted by atomic mass is 19.1. The monoisotopic (exact) mass is 402 g/mol. The number of carbonyl (C=O) groups excluding carboxylic acids is 2. The topological polar surface area (TPSA) is 76.3 Å². The summed E-state index contributed by atoms with van der Waals surface area (Å²) in [6.07, 6.45) is 3.08. The Morgan fingerprint density at radius 3 is 2.60 bits per heavy atom. The van der Waals surface area contributed by atoms with E-state index in [4.69, 9.17) is 5.73 Å². The van der Waals surface area contributed by atoms with E-state index in [2.05, 4.69) is 11.1 Å². The standard InChI is InChI=1S/C24H21FN3O2/c1-15(29)28-21-6-4-3-5-19(21)24(2,13-22(28)23(26)30)17-9-7-16(8-10-17)18-11-12-27-14-20(18)25/h4-12,14,22H,13H2,1-2H3,(H2,26,30). The maximum atomic E-state index is 14.1. The number of anilines is 1. The predicted octanol–water partition coefficient (Wildman–Crippen LogP) is 3.60. The Kier molecular flexibility index (Phi) is 4.86. The summed E-state index contributed by atoms with van der Waals surface area (Å²) in [6.45, 7) is 3.45. The fraction of sp³-hybridized carbons (Fsp3) is 0.208.